The highest BCUT2D eigenvalue weighted by atomic mass is 32.1. The fourth-order valence-corrected chi connectivity index (χ4v) is 2.48. The minimum atomic E-state index is -0.404. The summed E-state index contributed by atoms with van der Waals surface area (Å²) >= 11 is 1.02. The van der Waals surface area contributed by atoms with Gasteiger partial charge in [-0.2, -0.15) is 4.37 Å². The molecule has 0 saturated carbocycles. The molecule has 1 aromatic carbocycles. The van der Waals surface area contributed by atoms with Crippen molar-refractivity contribution in [2.75, 3.05) is 10.6 Å². The molecule has 2 heterocycles. The highest BCUT2D eigenvalue weighted by molar-refractivity contribution is 7.10. The van der Waals surface area contributed by atoms with Crippen molar-refractivity contribution in [1.29, 1.82) is 0 Å². The fourth-order valence-electron chi connectivity index (χ4n) is 1.81. The highest BCUT2D eigenvalue weighted by Gasteiger charge is 2.38. The molecule has 3 rings (SSSR count). The van der Waals surface area contributed by atoms with Crippen LogP contribution in [0, 0.1) is 6.92 Å². The number of nitrogens with two attached hydrogens (primary N) is 1. The molecule has 0 saturated heterocycles. The Bertz CT molecular complexity index is 679. The molecule has 90 valence electrons. The lowest BCUT2D eigenvalue weighted by atomic mass is 10.1. The number of carbonyl (C=O) groups is 2. The standard InChI is InChI=1S/C11H8N4O2S/c1-5-13-11(18-14-5)15-9(16)7-3-2-6(12)4-8(7)10(15)17/h2-4H,12H2,1H3. The number of amides is 2. The lowest BCUT2D eigenvalue weighted by molar-refractivity contribution is 0.0926. The van der Waals surface area contributed by atoms with E-state index in [1.807, 2.05) is 0 Å². The third kappa shape index (κ3) is 1.41. The molecular weight excluding hydrogens is 252 g/mol. The smallest absolute Gasteiger partial charge is 0.268 e. The molecule has 2 aromatic rings. The number of benzene rings is 1. The molecule has 1 aliphatic heterocycles. The van der Waals surface area contributed by atoms with Crippen LogP contribution in [0.5, 0.6) is 0 Å². The van der Waals surface area contributed by atoms with Crippen LogP contribution in [-0.2, 0) is 0 Å². The molecule has 0 spiro atoms. The maximum atomic E-state index is 12.2. The Morgan fingerprint density at radius 1 is 1.22 bits per heavy atom. The van der Waals surface area contributed by atoms with E-state index in [9.17, 15) is 9.59 Å². The third-order valence-corrected chi connectivity index (χ3v) is 3.41. The van der Waals surface area contributed by atoms with Crippen LogP contribution in [0.15, 0.2) is 18.2 Å². The molecule has 6 nitrogen and oxygen atoms in total. The zero-order valence-corrected chi connectivity index (χ0v) is 10.2. The van der Waals surface area contributed by atoms with E-state index < -0.39 is 5.91 Å². The number of hydrogen-bond acceptors (Lipinski definition) is 6. The van der Waals surface area contributed by atoms with Crippen LogP contribution in [0.2, 0.25) is 0 Å². The second-order valence-electron chi connectivity index (χ2n) is 3.87. The second kappa shape index (κ2) is 3.61. The van der Waals surface area contributed by atoms with Crippen molar-refractivity contribution in [2.45, 2.75) is 6.92 Å². The zero-order valence-electron chi connectivity index (χ0n) is 9.38. The van der Waals surface area contributed by atoms with Crippen LogP contribution >= 0.6 is 11.5 Å². The average Bonchev–Trinajstić information content (AvgIpc) is 2.84. The first-order chi connectivity index (χ1) is 8.58. The molecule has 0 aliphatic carbocycles. The largest absolute Gasteiger partial charge is 0.399 e. The van der Waals surface area contributed by atoms with Gasteiger partial charge in [0.15, 0.2) is 0 Å². The third-order valence-electron chi connectivity index (χ3n) is 2.62. The molecule has 2 N–H and O–H groups in total. The van der Waals surface area contributed by atoms with E-state index in [2.05, 4.69) is 9.36 Å². The Kier molecular flexibility index (Phi) is 2.17. The number of hydrogen-bond donors (Lipinski definition) is 1. The van der Waals surface area contributed by atoms with E-state index >= 15 is 0 Å². The molecular formula is C11H8N4O2S. The van der Waals surface area contributed by atoms with Crippen LogP contribution in [0.3, 0.4) is 0 Å². The highest BCUT2D eigenvalue weighted by Crippen LogP contribution is 2.30. The summed E-state index contributed by atoms with van der Waals surface area (Å²) in [4.78, 5) is 29.4. The van der Waals surface area contributed by atoms with Crippen LogP contribution in [0.1, 0.15) is 26.5 Å². The van der Waals surface area contributed by atoms with Gasteiger partial charge in [0, 0.05) is 17.2 Å². The summed E-state index contributed by atoms with van der Waals surface area (Å²) in [6.45, 7) is 1.70. The first kappa shape index (κ1) is 10.8. The molecule has 18 heavy (non-hydrogen) atoms. The molecule has 0 atom stereocenters. The Morgan fingerprint density at radius 2 is 1.94 bits per heavy atom. The molecule has 1 aromatic heterocycles. The number of imide groups is 1. The number of aromatic nitrogens is 2. The molecule has 0 bridgehead atoms. The molecule has 1 aliphatic rings. The molecule has 0 unspecified atom stereocenters. The predicted octanol–water partition coefficient (Wildman–Crippen LogP) is 1.23. The van der Waals surface area contributed by atoms with Gasteiger partial charge in [-0.15, -0.1) is 0 Å². The SMILES string of the molecule is Cc1nsc(N2C(=O)c3ccc(N)cc3C2=O)n1. The van der Waals surface area contributed by atoms with Gasteiger partial charge in [-0.05, 0) is 25.1 Å². The summed E-state index contributed by atoms with van der Waals surface area (Å²) in [5, 5.41) is 0.289. The van der Waals surface area contributed by atoms with Gasteiger partial charge < -0.3 is 5.73 Å². The van der Waals surface area contributed by atoms with Gasteiger partial charge in [0.1, 0.15) is 5.82 Å². The lowest BCUT2D eigenvalue weighted by Gasteiger charge is -2.07. The predicted molar refractivity (Wildman–Crippen MR) is 66.6 cm³/mol. The van der Waals surface area contributed by atoms with Crippen molar-refractivity contribution in [3.63, 3.8) is 0 Å². The normalized spacial score (nSPS) is 14.2. The lowest BCUT2D eigenvalue weighted by Crippen LogP contribution is -2.29. The van der Waals surface area contributed by atoms with Crippen molar-refractivity contribution in [2.24, 2.45) is 0 Å². The van der Waals surface area contributed by atoms with Gasteiger partial charge in [-0.1, -0.05) is 0 Å². The van der Waals surface area contributed by atoms with Crippen LogP contribution in [0.25, 0.3) is 0 Å². The topological polar surface area (TPSA) is 89.2 Å². The van der Waals surface area contributed by atoms with Crippen LogP contribution in [-0.4, -0.2) is 21.2 Å². The number of fused-ring (bicyclic) bond motifs is 1. The van der Waals surface area contributed by atoms with E-state index in [1.54, 1.807) is 19.1 Å². The Balaban J connectivity index is 2.12. The quantitative estimate of drug-likeness (QED) is 0.615. The monoisotopic (exact) mass is 260 g/mol. The van der Waals surface area contributed by atoms with Crippen molar-refractivity contribution >= 4 is 34.2 Å². The van der Waals surface area contributed by atoms with Crippen LogP contribution in [0.4, 0.5) is 10.8 Å². The summed E-state index contributed by atoms with van der Waals surface area (Å²) < 4.78 is 3.97. The summed E-state index contributed by atoms with van der Waals surface area (Å²) in [6.07, 6.45) is 0. The number of nitrogens with zero attached hydrogens (tertiary/aromatic N) is 3. The number of carbonyl (C=O) groups excluding carboxylic acids is 2. The number of aryl methyl sites for hydroxylation is 1. The van der Waals surface area contributed by atoms with Gasteiger partial charge in [0.2, 0.25) is 5.13 Å². The van der Waals surface area contributed by atoms with Gasteiger partial charge >= 0.3 is 0 Å². The average molecular weight is 260 g/mol. The number of rotatable bonds is 1. The van der Waals surface area contributed by atoms with Crippen molar-refractivity contribution in [3.8, 4) is 0 Å². The first-order valence-electron chi connectivity index (χ1n) is 5.16. The number of nitrogen functional groups attached to an aromatic ring is 1. The molecule has 0 radical (unpaired) electrons. The minimum Gasteiger partial charge on any atom is -0.399 e. The van der Waals surface area contributed by atoms with Gasteiger partial charge in [-0.3, -0.25) is 9.59 Å². The Labute approximate surface area is 106 Å². The van der Waals surface area contributed by atoms with E-state index in [1.165, 1.54) is 6.07 Å². The Hall–Kier alpha value is -2.28. The van der Waals surface area contributed by atoms with Gasteiger partial charge in [0.05, 0.1) is 11.1 Å². The number of anilines is 2. The van der Waals surface area contributed by atoms with Crippen LogP contribution < -0.4 is 10.6 Å². The first-order valence-corrected chi connectivity index (χ1v) is 5.94. The molecule has 0 fully saturated rings. The van der Waals surface area contributed by atoms with Gasteiger partial charge in [0.25, 0.3) is 11.8 Å². The van der Waals surface area contributed by atoms with Gasteiger partial charge in [-0.25, -0.2) is 9.88 Å². The maximum Gasteiger partial charge on any atom is 0.268 e. The van der Waals surface area contributed by atoms with E-state index in [-0.39, 0.29) is 11.0 Å². The van der Waals surface area contributed by atoms with E-state index in [0.717, 1.165) is 16.4 Å². The zero-order chi connectivity index (χ0) is 12.9. The molecule has 2 amide bonds. The maximum absolute atomic E-state index is 12.2. The minimum absolute atomic E-state index is 0.289. The summed E-state index contributed by atoms with van der Waals surface area (Å²) in [5.41, 5.74) is 6.73. The molecule has 7 heteroatoms. The van der Waals surface area contributed by atoms with Crippen molar-refractivity contribution < 1.29 is 9.59 Å². The van der Waals surface area contributed by atoms with E-state index in [4.69, 9.17) is 5.73 Å². The second-order valence-corrected chi connectivity index (χ2v) is 4.61. The van der Waals surface area contributed by atoms with Crippen molar-refractivity contribution in [1.82, 2.24) is 9.36 Å². The fraction of sp³-hybridized carbons (Fsp3) is 0.0909. The van der Waals surface area contributed by atoms with E-state index in [0.29, 0.717) is 22.6 Å². The summed E-state index contributed by atoms with van der Waals surface area (Å²) in [6, 6.07) is 4.65. The Morgan fingerprint density at radius 3 is 2.61 bits per heavy atom. The van der Waals surface area contributed by atoms with Crippen molar-refractivity contribution in [3.05, 3.63) is 35.2 Å². The summed E-state index contributed by atoms with van der Waals surface area (Å²) in [7, 11) is 0. The summed E-state index contributed by atoms with van der Waals surface area (Å²) in [5.74, 6) is -0.254.